The van der Waals surface area contributed by atoms with Gasteiger partial charge in [0.1, 0.15) is 0 Å². The molecular weight excluding hydrogens is 216 g/mol. The maximum Gasteiger partial charge on any atom is 0.230 e. The van der Waals surface area contributed by atoms with Gasteiger partial charge in [-0.25, -0.2) is 0 Å². The van der Waals surface area contributed by atoms with Crippen molar-refractivity contribution < 1.29 is 9.53 Å². The Kier molecular flexibility index (Phi) is 3.40. The molecule has 0 bridgehead atoms. The van der Waals surface area contributed by atoms with E-state index in [1.165, 1.54) is 0 Å². The number of rotatable bonds is 2. The summed E-state index contributed by atoms with van der Waals surface area (Å²) >= 11 is 0. The number of amides is 1. The van der Waals surface area contributed by atoms with Crippen LogP contribution in [0.3, 0.4) is 0 Å². The van der Waals surface area contributed by atoms with Crippen LogP contribution >= 0.6 is 0 Å². The molecule has 88 valence electrons. The maximum atomic E-state index is 12.0. The van der Waals surface area contributed by atoms with E-state index in [4.69, 9.17) is 10.00 Å². The fraction of sp³-hybridized carbons (Fsp3) is 0.385. The fourth-order valence-electron chi connectivity index (χ4n) is 1.98. The molecule has 1 N–H and O–H groups in total. The van der Waals surface area contributed by atoms with Crippen LogP contribution in [-0.2, 0) is 9.53 Å². The van der Waals surface area contributed by atoms with Gasteiger partial charge in [-0.15, -0.1) is 0 Å². The largest absolute Gasteiger partial charge is 0.378 e. The van der Waals surface area contributed by atoms with Crippen LogP contribution in [0, 0.1) is 17.2 Å². The van der Waals surface area contributed by atoms with Gasteiger partial charge in [-0.1, -0.05) is 6.07 Å². The number of nitriles is 1. The van der Waals surface area contributed by atoms with E-state index in [-0.39, 0.29) is 17.9 Å². The standard InChI is InChI=1S/C13H14N2O2/c1-9-12(5-6-17-9)13(16)15-11-4-2-3-10(7-11)8-14/h2-4,7,9,12H,5-6H2,1H3,(H,15,16). The summed E-state index contributed by atoms with van der Waals surface area (Å²) in [4.78, 5) is 12.0. The van der Waals surface area contributed by atoms with Crippen molar-refractivity contribution in [1.29, 1.82) is 5.26 Å². The van der Waals surface area contributed by atoms with Crippen molar-refractivity contribution in [3.05, 3.63) is 29.8 Å². The van der Waals surface area contributed by atoms with Gasteiger partial charge in [-0.05, 0) is 31.5 Å². The zero-order chi connectivity index (χ0) is 12.3. The van der Waals surface area contributed by atoms with Crippen LogP contribution in [0.1, 0.15) is 18.9 Å². The highest BCUT2D eigenvalue weighted by Crippen LogP contribution is 2.22. The van der Waals surface area contributed by atoms with E-state index in [1.54, 1.807) is 24.3 Å². The Morgan fingerprint density at radius 3 is 3.06 bits per heavy atom. The van der Waals surface area contributed by atoms with Crippen molar-refractivity contribution >= 4 is 11.6 Å². The highest BCUT2D eigenvalue weighted by molar-refractivity contribution is 5.93. The molecule has 1 heterocycles. The van der Waals surface area contributed by atoms with Gasteiger partial charge in [0.25, 0.3) is 0 Å². The Bertz CT molecular complexity index is 465. The summed E-state index contributed by atoms with van der Waals surface area (Å²) in [7, 11) is 0. The minimum atomic E-state index is -0.0965. The topological polar surface area (TPSA) is 62.1 Å². The van der Waals surface area contributed by atoms with Gasteiger partial charge in [0, 0.05) is 12.3 Å². The number of nitrogens with one attached hydrogen (secondary N) is 1. The van der Waals surface area contributed by atoms with Crippen LogP contribution in [0.4, 0.5) is 5.69 Å². The smallest absolute Gasteiger partial charge is 0.230 e. The first-order valence-electron chi connectivity index (χ1n) is 5.63. The molecule has 1 aliphatic rings. The molecule has 2 atom stereocenters. The zero-order valence-electron chi connectivity index (χ0n) is 9.64. The number of benzene rings is 1. The minimum absolute atomic E-state index is 0.0332. The molecule has 0 aliphatic carbocycles. The second kappa shape index (κ2) is 4.98. The van der Waals surface area contributed by atoms with Crippen molar-refractivity contribution in [2.24, 2.45) is 5.92 Å². The van der Waals surface area contributed by atoms with Crippen molar-refractivity contribution in [3.63, 3.8) is 0 Å². The average molecular weight is 230 g/mol. The van der Waals surface area contributed by atoms with Crippen LogP contribution in [0.5, 0.6) is 0 Å². The molecule has 17 heavy (non-hydrogen) atoms. The maximum absolute atomic E-state index is 12.0. The van der Waals surface area contributed by atoms with Gasteiger partial charge in [0.15, 0.2) is 0 Å². The molecule has 2 rings (SSSR count). The van der Waals surface area contributed by atoms with Crippen LogP contribution in [0.25, 0.3) is 0 Å². The number of ether oxygens (including phenoxy) is 1. The number of nitrogens with zero attached hydrogens (tertiary/aromatic N) is 1. The van der Waals surface area contributed by atoms with E-state index in [1.807, 2.05) is 13.0 Å². The third kappa shape index (κ3) is 2.63. The Balaban J connectivity index is 2.05. The first kappa shape index (κ1) is 11.6. The Labute approximate surface area is 100 Å². The quantitative estimate of drug-likeness (QED) is 0.844. The average Bonchev–Trinajstić information content (AvgIpc) is 2.76. The van der Waals surface area contributed by atoms with E-state index in [2.05, 4.69) is 5.32 Å². The van der Waals surface area contributed by atoms with Crippen LogP contribution in [-0.4, -0.2) is 18.6 Å². The Morgan fingerprint density at radius 2 is 2.41 bits per heavy atom. The number of carbonyl (C=O) groups excluding carboxylic acids is 1. The summed E-state index contributed by atoms with van der Waals surface area (Å²) in [5.74, 6) is -0.133. The highest BCUT2D eigenvalue weighted by atomic mass is 16.5. The normalized spacial score (nSPS) is 23.1. The molecule has 4 heteroatoms. The summed E-state index contributed by atoms with van der Waals surface area (Å²) in [6, 6.07) is 8.94. The lowest BCUT2D eigenvalue weighted by molar-refractivity contribution is -0.121. The molecule has 1 aromatic rings. The fourth-order valence-corrected chi connectivity index (χ4v) is 1.98. The van der Waals surface area contributed by atoms with Gasteiger partial charge in [-0.2, -0.15) is 5.26 Å². The summed E-state index contributed by atoms with van der Waals surface area (Å²) in [6.45, 7) is 2.54. The number of anilines is 1. The van der Waals surface area contributed by atoms with Crippen LogP contribution < -0.4 is 5.32 Å². The predicted octanol–water partition coefficient (Wildman–Crippen LogP) is 1.92. The summed E-state index contributed by atoms with van der Waals surface area (Å²) in [6.07, 6.45) is 0.722. The molecule has 0 radical (unpaired) electrons. The Morgan fingerprint density at radius 1 is 1.59 bits per heavy atom. The van der Waals surface area contributed by atoms with E-state index in [0.29, 0.717) is 17.9 Å². The summed E-state index contributed by atoms with van der Waals surface area (Å²) < 4.78 is 5.36. The molecule has 1 saturated heterocycles. The number of hydrogen-bond donors (Lipinski definition) is 1. The van der Waals surface area contributed by atoms with E-state index >= 15 is 0 Å². The van der Waals surface area contributed by atoms with E-state index < -0.39 is 0 Å². The molecule has 0 spiro atoms. The van der Waals surface area contributed by atoms with Crippen molar-refractivity contribution in [2.45, 2.75) is 19.4 Å². The van der Waals surface area contributed by atoms with Crippen LogP contribution in [0.2, 0.25) is 0 Å². The first-order chi connectivity index (χ1) is 8.20. The van der Waals surface area contributed by atoms with Gasteiger partial charge in [0.05, 0.1) is 23.7 Å². The third-order valence-electron chi connectivity index (χ3n) is 2.97. The lowest BCUT2D eigenvalue weighted by Crippen LogP contribution is -2.27. The molecule has 0 aromatic heterocycles. The molecule has 0 saturated carbocycles. The molecule has 1 amide bonds. The third-order valence-corrected chi connectivity index (χ3v) is 2.97. The SMILES string of the molecule is CC1OCCC1C(=O)Nc1cccc(C#N)c1. The molecule has 2 unspecified atom stereocenters. The summed E-state index contributed by atoms with van der Waals surface area (Å²) in [5, 5.41) is 11.6. The van der Waals surface area contributed by atoms with Gasteiger partial charge < -0.3 is 10.1 Å². The lowest BCUT2D eigenvalue weighted by Gasteiger charge is -2.14. The van der Waals surface area contributed by atoms with Crippen molar-refractivity contribution in [2.75, 3.05) is 11.9 Å². The highest BCUT2D eigenvalue weighted by Gasteiger charge is 2.30. The zero-order valence-corrected chi connectivity index (χ0v) is 9.64. The molecular formula is C13H14N2O2. The first-order valence-corrected chi connectivity index (χ1v) is 5.63. The minimum Gasteiger partial charge on any atom is -0.378 e. The second-order valence-electron chi connectivity index (χ2n) is 4.15. The molecule has 1 aromatic carbocycles. The second-order valence-corrected chi connectivity index (χ2v) is 4.15. The summed E-state index contributed by atoms with van der Waals surface area (Å²) in [5.41, 5.74) is 1.20. The molecule has 1 fully saturated rings. The van der Waals surface area contributed by atoms with Crippen molar-refractivity contribution in [3.8, 4) is 6.07 Å². The monoisotopic (exact) mass is 230 g/mol. The lowest BCUT2D eigenvalue weighted by atomic mass is 10.0. The van der Waals surface area contributed by atoms with Crippen molar-refractivity contribution in [1.82, 2.24) is 0 Å². The predicted molar refractivity (Wildman–Crippen MR) is 63.3 cm³/mol. The molecule has 4 nitrogen and oxygen atoms in total. The van der Waals surface area contributed by atoms with Gasteiger partial charge >= 0.3 is 0 Å². The van der Waals surface area contributed by atoms with Gasteiger partial charge in [-0.3, -0.25) is 4.79 Å². The van der Waals surface area contributed by atoms with Gasteiger partial charge in [0.2, 0.25) is 5.91 Å². The number of hydrogen-bond acceptors (Lipinski definition) is 3. The van der Waals surface area contributed by atoms with Crippen LogP contribution in [0.15, 0.2) is 24.3 Å². The van der Waals surface area contributed by atoms with E-state index in [0.717, 1.165) is 6.42 Å². The Hall–Kier alpha value is -1.86. The number of carbonyl (C=O) groups is 1. The molecule has 1 aliphatic heterocycles. The van der Waals surface area contributed by atoms with E-state index in [9.17, 15) is 4.79 Å².